The molecule has 98 valence electrons. The molecule has 0 aromatic rings. The molecule has 0 aliphatic rings. The molecule has 1 unspecified atom stereocenters. The normalized spacial score (nSPS) is 11.6. The van der Waals surface area contributed by atoms with E-state index in [-0.39, 0.29) is 0 Å². The van der Waals surface area contributed by atoms with Crippen molar-refractivity contribution in [1.82, 2.24) is 10.4 Å². The van der Waals surface area contributed by atoms with Crippen LogP contribution in [0.25, 0.3) is 0 Å². The van der Waals surface area contributed by atoms with Gasteiger partial charge < -0.3 is 5.32 Å². The maximum absolute atomic E-state index is 11.5. The summed E-state index contributed by atoms with van der Waals surface area (Å²) >= 11 is 0. The fourth-order valence-electron chi connectivity index (χ4n) is 1.48. The summed E-state index contributed by atoms with van der Waals surface area (Å²) in [5.41, 5.74) is 0. The lowest BCUT2D eigenvalue weighted by molar-refractivity contribution is -0.0644. The number of rotatable bonds is 8. The van der Waals surface area contributed by atoms with Gasteiger partial charge in [-0.2, -0.15) is 10.3 Å². The van der Waals surface area contributed by atoms with Gasteiger partial charge in [0, 0.05) is 6.54 Å². The number of hydrogen-bond donors (Lipinski definition) is 2. The van der Waals surface area contributed by atoms with Gasteiger partial charge in [0.1, 0.15) is 6.04 Å². The smallest absolute Gasteiger partial charge is 0.336 e. The molecule has 0 aliphatic carbocycles. The molecule has 0 rings (SSSR count). The minimum absolute atomic E-state index is 0.482. The maximum Gasteiger partial charge on any atom is 0.342 e. The Morgan fingerprint density at radius 1 is 1.35 bits per heavy atom. The summed E-state index contributed by atoms with van der Waals surface area (Å²) in [6, 6.07) is 0.573. The summed E-state index contributed by atoms with van der Waals surface area (Å²) in [4.78, 5) is 11.5. The number of unbranched alkanes of at least 4 members (excludes halogenated alkanes) is 3. The average molecular weight is 241 g/mol. The van der Waals surface area contributed by atoms with E-state index < -0.39 is 12.1 Å². The molecule has 5 nitrogen and oxygen atoms in total. The standard InChI is InChI=1S/C12H23N3O2/c1-3-5-6-7-9-14-12(16)15(17)11(10-13)8-4-2/h11,17H,3-9H2,1-2H3,(H,14,16). The first-order valence-electron chi connectivity index (χ1n) is 6.32. The van der Waals surface area contributed by atoms with Gasteiger partial charge in [-0.3, -0.25) is 5.21 Å². The number of carbonyl (C=O) groups excluding carboxylic acids is 1. The molecule has 0 aromatic heterocycles. The number of hydroxylamine groups is 2. The van der Waals surface area contributed by atoms with Crippen LogP contribution in [-0.4, -0.2) is 28.9 Å². The van der Waals surface area contributed by atoms with Crippen LogP contribution < -0.4 is 5.32 Å². The van der Waals surface area contributed by atoms with Crippen molar-refractivity contribution >= 4 is 6.03 Å². The number of nitrogens with zero attached hydrogens (tertiary/aromatic N) is 2. The fraction of sp³-hybridized carbons (Fsp3) is 0.833. The predicted octanol–water partition coefficient (Wildman–Crippen LogP) is 2.66. The molecule has 17 heavy (non-hydrogen) atoms. The second-order valence-corrected chi connectivity index (χ2v) is 4.07. The van der Waals surface area contributed by atoms with E-state index in [2.05, 4.69) is 12.2 Å². The van der Waals surface area contributed by atoms with Gasteiger partial charge >= 0.3 is 6.03 Å². The highest BCUT2D eigenvalue weighted by atomic mass is 16.5. The summed E-state index contributed by atoms with van der Waals surface area (Å²) < 4.78 is 0. The summed E-state index contributed by atoms with van der Waals surface area (Å²) in [6.07, 6.45) is 5.50. The van der Waals surface area contributed by atoms with E-state index in [0.717, 1.165) is 32.1 Å². The first-order chi connectivity index (χ1) is 8.17. The van der Waals surface area contributed by atoms with E-state index in [4.69, 9.17) is 5.26 Å². The minimum Gasteiger partial charge on any atom is -0.336 e. The summed E-state index contributed by atoms with van der Waals surface area (Å²) in [7, 11) is 0. The van der Waals surface area contributed by atoms with Gasteiger partial charge in [0.2, 0.25) is 0 Å². The monoisotopic (exact) mass is 241 g/mol. The third kappa shape index (κ3) is 6.80. The van der Waals surface area contributed by atoms with E-state index in [1.165, 1.54) is 0 Å². The lowest BCUT2D eigenvalue weighted by Gasteiger charge is -2.20. The van der Waals surface area contributed by atoms with E-state index in [1.807, 2.05) is 13.0 Å². The van der Waals surface area contributed by atoms with Crippen molar-refractivity contribution < 1.29 is 10.0 Å². The maximum atomic E-state index is 11.5. The van der Waals surface area contributed by atoms with Crippen LogP contribution in [0.2, 0.25) is 0 Å². The van der Waals surface area contributed by atoms with Crippen LogP contribution >= 0.6 is 0 Å². The lowest BCUT2D eigenvalue weighted by atomic mass is 10.2. The van der Waals surface area contributed by atoms with E-state index >= 15 is 0 Å². The van der Waals surface area contributed by atoms with Crippen molar-refractivity contribution in [3.63, 3.8) is 0 Å². The Kier molecular flexibility index (Phi) is 9.17. The van der Waals surface area contributed by atoms with Crippen LogP contribution in [-0.2, 0) is 0 Å². The van der Waals surface area contributed by atoms with Crippen molar-refractivity contribution in [2.45, 2.75) is 58.4 Å². The van der Waals surface area contributed by atoms with Crippen LogP contribution in [0.4, 0.5) is 4.79 Å². The topological polar surface area (TPSA) is 76.4 Å². The van der Waals surface area contributed by atoms with Crippen molar-refractivity contribution in [3.8, 4) is 6.07 Å². The third-order valence-corrected chi connectivity index (χ3v) is 2.52. The highest BCUT2D eigenvalue weighted by Gasteiger charge is 2.20. The Morgan fingerprint density at radius 3 is 2.59 bits per heavy atom. The number of nitriles is 1. The number of nitrogens with one attached hydrogen (secondary N) is 1. The Hall–Kier alpha value is -1.28. The summed E-state index contributed by atoms with van der Waals surface area (Å²) in [6.45, 7) is 4.57. The second kappa shape index (κ2) is 9.91. The van der Waals surface area contributed by atoms with Gasteiger partial charge in [-0.1, -0.05) is 39.5 Å². The number of urea groups is 1. The van der Waals surface area contributed by atoms with Gasteiger partial charge in [-0.25, -0.2) is 4.79 Å². The molecular weight excluding hydrogens is 218 g/mol. The van der Waals surface area contributed by atoms with Gasteiger partial charge in [0.15, 0.2) is 0 Å². The van der Waals surface area contributed by atoms with Crippen LogP contribution in [0.1, 0.15) is 52.4 Å². The molecule has 2 N–H and O–H groups in total. The van der Waals surface area contributed by atoms with Crippen LogP contribution in [0, 0.1) is 11.3 Å². The largest absolute Gasteiger partial charge is 0.342 e. The SMILES string of the molecule is CCCCCCNC(=O)N(O)C(C#N)CCC. The van der Waals surface area contributed by atoms with E-state index in [1.54, 1.807) is 0 Å². The Balaban J connectivity index is 3.84. The molecule has 0 fully saturated rings. The molecule has 0 aliphatic heterocycles. The van der Waals surface area contributed by atoms with E-state index in [9.17, 15) is 10.0 Å². The van der Waals surface area contributed by atoms with Gasteiger partial charge in [-0.15, -0.1) is 0 Å². The Labute approximate surface area is 103 Å². The number of carbonyl (C=O) groups is 1. The highest BCUT2D eigenvalue weighted by molar-refractivity contribution is 5.73. The quantitative estimate of drug-likeness (QED) is 0.389. The van der Waals surface area contributed by atoms with Gasteiger partial charge in [-0.05, 0) is 12.8 Å². The van der Waals surface area contributed by atoms with Crippen LogP contribution in [0.5, 0.6) is 0 Å². The van der Waals surface area contributed by atoms with Crippen molar-refractivity contribution in [2.24, 2.45) is 0 Å². The van der Waals surface area contributed by atoms with E-state index in [0.29, 0.717) is 18.0 Å². The zero-order chi connectivity index (χ0) is 13.1. The molecule has 0 spiro atoms. The van der Waals surface area contributed by atoms with Crippen LogP contribution in [0.3, 0.4) is 0 Å². The first-order valence-corrected chi connectivity index (χ1v) is 6.32. The van der Waals surface area contributed by atoms with Crippen molar-refractivity contribution in [1.29, 1.82) is 5.26 Å². The molecule has 0 radical (unpaired) electrons. The van der Waals surface area contributed by atoms with Gasteiger partial charge in [0.05, 0.1) is 6.07 Å². The summed E-state index contributed by atoms with van der Waals surface area (Å²) in [5.74, 6) is 0. The molecule has 0 saturated carbocycles. The molecule has 0 saturated heterocycles. The molecule has 0 aromatic carbocycles. The molecule has 0 heterocycles. The molecule has 2 amide bonds. The molecule has 5 heteroatoms. The van der Waals surface area contributed by atoms with Crippen LogP contribution in [0.15, 0.2) is 0 Å². The minimum atomic E-state index is -0.754. The summed E-state index contributed by atoms with van der Waals surface area (Å²) in [5, 5.41) is 21.4. The van der Waals surface area contributed by atoms with Crippen molar-refractivity contribution in [3.05, 3.63) is 0 Å². The lowest BCUT2D eigenvalue weighted by Crippen LogP contribution is -2.43. The Morgan fingerprint density at radius 2 is 2.06 bits per heavy atom. The zero-order valence-electron chi connectivity index (χ0n) is 10.8. The average Bonchev–Trinajstić information content (AvgIpc) is 2.34. The number of amides is 2. The second-order valence-electron chi connectivity index (χ2n) is 4.07. The Bertz CT molecular complexity index is 251. The highest BCUT2D eigenvalue weighted by Crippen LogP contribution is 2.04. The fourth-order valence-corrected chi connectivity index (χ4v) is 1.48. The molecular formula is C12H23N3O2. The first kappa shape index (κ1) is 15.7. The molecule has 1 atom stereocenters. The zero-order valence-corrected chi connectivity index (χ0v) is 10.8. The predicted molar refractivity (Wildman–Crippen MR) is 65.5 cm³/mol. The number of hydrogen-bond acceptors (Lipinski definition) is 3. The third-order valence-electron chi connectivity index (χ3n) is 2.52. The van der Waals surface area contributed by atoms with Crippen molar-refractivity contribution in [2.75, 3.05) is 6.54 Å². The molecule has 0 bridgehead atoms. The van der Waals surface area contributed by atoms with Gasteiger partial charge in [0.25, 0.3) is 0 Å².